The van der Waals surface area contributed by atoms with E-state index in [-0.39, 0.29) is 29.3 Å². The van der Waals surface area contributed by atoms with E-state index >= 15 is 0 Å². The van der Waals surface area contributed by atoms with Crippen molar-refractivity contribution in [2.24, 2.45) is 14.1 Å². The second-order valence-electron chi connectivity index (χ2n) is 9.02. The number of hydrogen-bond acceptors (Lipinski definition) is 6. The standard InChI is InChI=1S/C26H27FN6O3/c1-29-24-23(25(35)30(2)26(29)36)33(16-21(34)18-6-4-3-5-7-18)22(28-24)17-31-12-14-32(15-13-31)20-10-8-19(27)9-11-20/h3-11H,12-17H2,1-2H3. The zero-order valence-electron chi connectivity index (χ0n) is 20.2. The van der Waals surface area contributed by atoms with E-state index in [1.54, 1.807) is 48.0 Å². The Morgan fingerprint density at radius 2 is 1.58 bits per heavy atom. The Morgan fingerprint density at radius 1 is 0.917 bits per heavy atom. The summed E-state index contributed by atoms with van der Waals surface area (Å²) in [5.41, 5.74) is 1.07. The second kappa shape index (κ2) is 9.54. The van der Waals surface area contributed by atoms with Gasteiger partial charge in [0.25, 0.3) is 5.56 Å². The van der Waals surface area contributed by atoms with Crippen molar-refractivity contribution in [1.29, 1.82) is 0 Å². The number of imidazole rings is 1. The van der Waals surface area contributed by atoms with Gasteiger partial charge in [-0.1, -0.05) is 30.3 Å². The number of rotatable bonds is 6. The number of aryl methyl sites for hydroxylation is 1. The molecule has 1 fully saturated rings. The fraction of sp³-hybridized carbons (Fsp3) is 0.308. The van der Waals surface area contributed by atoms with Gasteiger partial charge in [0.1, 0.15) is 11.6 Å². The van der Waals surface area contributed by atoms with Crippen LogP contribution in [0.5, 0.6) is 0 Å². The van der Waals surface area contributed by atoms with Gasteiger partial charge in [0.15, 0.2) is 16.9 Å². The average Bonchev–Trinajstić information content (AvgIpc) is 3.25. The lowest BCUT2D eigenvalue weighted by molar-refractivity contribution is 0.0971. The first-order chi connectivity index (χ1) is 17.3. The molecule has 0 amide bonds. The van der Waals surface area contributed by atoms with E-state index in [4.69, 9.17) is 0 Å². The largest absolute Gasteiger partial charge is 0.369 e. The summed E-state index contributed by atoms with van der Waals surface area (Å²) in [6.07, 6.45) is 0. The van der Waals surface area contributed by atoms with Gasteiger partial charge >= 0.3 is 5.69 Å². The number of piperazine rings is 1. The zero-order chi connectivity index (χ0) is 25.4. The van der Waals surface area contributed by atoms with E-state index in [0.29, 0.717) is 17.9 Å². The highest BCUT2D eigenvalue weighted by Gasteiger charge is 2.24. The highest BCUT2D eigenvalue weighted by atomic mass is 19.1. The van der Waals surface area contributed by atoms with Crippen LogP contribution in [0, 0.1) is 5.82 Å². The van der Waals surface area contributed by atoms with Crippen LogP contribution < -0.4 is 16.1 Å². The lowest BCUT2D eigenvalue weighted by atomic mass is 10.1. The van der Waals surface area contributed by atoms with Crippen LogP contribution in [-0.4, -0.2) is 55.5 Å². The number of fused-ring (bicyclic) bond motifs is 1. The molecule has 1 aliphatic heterocycles. The number of carbonyl (C=O) groups is 1. The molecule has 0 N–H and O–H groups in total. The molecule has 2 aromatic heterocycles. The van der Waals surface area contributed by atoms with Gasteiger partial charge in [0, 0.05) is 51.5 Å². The minimum absolute atomic E-state index is 0.0567. The van der Waals surface area contributed by atoms with Crippen LogP contribution in [-0.2, 0) is 27.2 Å². The van der Waals surface area contributed by atoms with Gasteiger partial charge in [-0.05, 0) is 24.3 Å². The zero-order valence-corrected chi connectivity index (χ0v) is 20.2. The Labute approximate surface area is 206 Å². The quantitative estimate of drug-likeness (QED) is 0.383. The molecule has 0 radical (unpaired) electrons. The average molecular weight is 491 g/mol. The van der Waals surface area contributed by atoms with E-state index in [9.17, 15) is 18.8 Å². The minimum atomic E-state index is -0.478. The fourth-order valence-electron chi connectivity index (χ4n) is 4.66. The molecule has 0 atom stereocenters. The normalized spacial score (nSPS) is 14.5. The molecule has 0 spiro atoms. The number of halogens is 1. The minimum Gasteiger partial charge on any atom is -0.369 e. The Morgan fingerprint density at radius 3 is 2.25 bits per heavy atom. The molecule has 9 nitrogen and oxygen atoms in total. The smallest absolute Gasteiger partial charge is 0.332 e. The molecule has 0 bridgehead atoms. The molecule has 186 valence electrons. The Bertz CT molecular complexity index is 1530. The molecular weight excluding hydrogens is 463 g/mol. The summed E-state index contributed by atoms with van der Waals surface area (Å²) in [4.78, 5) is 47.8. The number of benzene rings is 2. The predicted molar refractivity (Wildman–Crippen MR) is 135 cm³/mol. The van der Waals surface area contributed by atoms with Crippen LogP contribution in [0.25, 0.3) is 11.2 Å². The number of carbonyl (C=O) groups excluding carboxylic acids is 1. The van der Waals surface area contributed by atoms with Gasteiger partial charge in [0.2, 0.25) is 0 Å². The number of aromatic nitrogens is 4. The maximum Gasteiger partial charge on any atom is 0.332 e. The topological polar surface area (TPSA) is 85.4 Å². The van der Waals surface area contributed by atoms with E-state index < -0.39 is 11.2 Å². The van der Waals surface area contributed by atoms with Crippen molar-refractivity contribution in [1.82, 2.24) is 23.6 Å². The third kappa shape index (κ3) is 4.35. The molecule has 36 heavy (non-hydrogen) atoms. The lowest BCUT2D eigenvalue weighted by Gasteiger charge is -2.36. The molecule has 0 unspecified atom stereocenters. The van der Waals surface area contributed by atoms with E-state index in [2.05, 4.69) is 14.8 Å². The third-order valence-corrected chi connectivity index (χ3v) is 6.75. The van der Waals surface area contributed by atoms with Gasteiger partial charge in [0.05, 0.1) is 13.1 Å². The first-order valence-corrected chi connectivity index (χ1v) is 11.8. The SMILES string of the molecule is Cn1c(=O)c2c(nc(CN3CCN(c4ccc(F)cc4)CC3)n2CC(=O)c2ccccc2)n(C)c1=O. The van der Waals surface area contributed by atoms with E-state index in [1.807, 2.05) is 6.07 Å². The second-order valence-corrected chi connectivity index (χ2v) is 9.02. The number of Topliss-reactive ketones (excluding diaryl/α,β-unsaturated/α-hetero) is 1. The summed E-state index contributed by atoms with van der Waals surface area (Å²) in [5, 5.41) is 0. The fourth-order valence-corrected chi connectivity index (χ4v) is 4.66. The first kappa shape index (κ1) is 23.7. The Balaban J connectivity index is 1.46. The monoisotopic (exact) mass is 490 g/mol. The number of hydrogen-bond donors (Lipinski definition) is 0. The van der Waals surface area contributed by atoms with Crippen LogP contribution in [0.1, 0.15) is 16.2 Å². The molecule has 10 heteroatoms. The van der Waals surface area contributed by atoms with Crippen molar-refractivity contribution in [2.45, 2.75) is 13.1 Å². The van der Waals surface area contributed by atoms with Crippen molar-refractivity contribution < 1.29 is 9.18 Å². The summed E-state index contributed by atoms with van der Waals surface area (Å²) in [7, 11) is 3.00. The van der Waals surface area contributed by atoms with Crippen molar-refractivity contribution in [2.75, 3.05) is 31.1 Å². The molecule has 1 aliphatic rings. The van der Waals surface area contributed by atoms with Crippen molar-refractivity contribution >= 4 is 22.6 Å². The number of ketones is 1. The molecule has 3 heterocycles. The highest BCUT2D eigenvalue weighted by Crippen LogP contribution is 2.19. The van der Waals surface area contributed by atoms with Crippen molar-refractivity contribution in [3.8, 4) is 0 Å². The van der Waals surface area contributed by atoms with Crippen LogP contribution in [0.2, 0.25) is 0 Å². The molecule has 0 aliphatic carbocycles. The van der Waals surface area contributed by atoms with Gasteiger partial charge in [-0.15, -0.1) is 0 Å². The molecular formula is C26H27FN6O3. The van der Waals surface area contributed by atoms with Crippen LogP contribution in [0.4, 0.5) is 10.1 Å². The van der Waals surface area contributed by atoms with E-state index in [1.165, 1.54) is 23.7 Å². The summed E-state index contributed by atoms with van der Waals surface area (Å²) in [5.74, 6) is 0.151. The van der Waals surface area contributed by atoms with Crippen LogP contribution in [0.3, 0.4) is 0 Å². The Hall–Kier alpha value is -4.05. The third-order valence-electron chi connectivity index (χ3n) is 6.75. The Kier molecular flexibility index (Phi) is 6.27. The van der Waals surface area contributed by atoms with Gasteiger partial charge in [-0.2, -0.15) is 0 Å². The summed E-state index contributed by atoms with van der Waals surface area (Å²) in [6, 6.07) is 15.4. The van der Waals surface area contributed by atoms with Gasteiger partial charge < -0.3 is 9.47 Å². The van der Waals surface area contributed by atoms with Gasteiger partial charge in [-0.25, -0.2) is 14.2 Å². The summed E-state index contributed by atoms with van der Waals surface area (Å²) >= 11 is 0. The molecule has 0 saturated carbocycles. The van der Waals surface area contributed by atoms with Gasteiger partial charge in [-0.3, -0.25) is 23.6 Å². The van der Waals surface area contributed by atoms with Crippen molar-refractivity contribution in [3.63, 3.8) is 0 Å². The van der Waals surface area contributed by atoms with Crippen LogP contribution in [0.15, 0.2) is 64.2 Å². The molecule has 5 rings (SSSR count). The predicted octanol–water partition coefficient (Wildman–Crippen LogP) is 1.78. The van der Waals surface area contributed by atoms with E-state index in [0.717, 1.165) is 36.4 Å². The van der Waals surface area contributed by atoms with Crippen molar-refractivity contribution in [3.05, 3.63) is 92.6 Å². The number of nitrogens with zero attached hydrogens (tertiary/aromatic N) is 6. The molecule has 1 saturated heterocycles. The summed E-state index contributed by atoms with van der Waals surface area (Å²) < 4.78 is 17.3. The maximum absolute atomic E-state index is 13.3. The first-order valence-electron chi connectivity index (χ1n) is 11.8. The summed E-state index contributed by atoms with van der Waals surface area (Å²) in [6.45, 7) is 3.31. The number of anilines is 1. The molecule has 2 aromatic carbocycles. The van der Waals surface area contributed by atoms with Crippen LogP contribution >= 0.6 is 0 Å². The highest BCUT2D eigenvalue weighted by molar-refractivity contribution is 5.96. The molecule has 4 aromatic rings. The lowest BCUT2D eigenvalue weighted by Crippen LogP contribution is -2.46. The maximum atomic E-state index is 13.3.